The van der Waals surface area contributed by atoms with Crippen LogP contribution in [0.25, 0.3) is 11.1 Å². The van der Waals surface area contributed by atoms with Crippen molar-refractivity contribution in [3.63, 3.8) is 0 Å². The van der Waals surface area contributed by atoms with E-state index in [1.807, 2.05) is 43.3 Å². The van der Waals surface area contributed by atoms with Crippen molar-refractivity contribution < 1.29 is 24.2 Å². The predicted molar refractivity (Wildman–Crippen MR) is 124 cm³/mol. The second-order valence-corrected chi connectivity index (χ2v) is 8.93. The maximum absolute atomic E-state index is 12.7. The number of rotatable bonds is 7. The molecule has 1 unspecified atom stereocenters. The van der Waals surface area contributed by atoms with Crippen LogP contribution in [0.4, 0.5) is 4.79 Å². The topological polar surface area (TPSA) is 95.9 Å². The molecule has 2 aromatic carbocycles. The summed E-state index contributed by atoms with van der Waals surface area (Å²) in [7, 11) is 0. The highest BCUT2D eigenvalue weighted by Crippen LogP contribution is 2.44. The molecule has 0 aromatic heterocycles. The van der Waals surface area contributed by atoms with Crippen molar-refractivity contribution >= 4 is 18.0 Å². The Bertz CT molecular complexity index is 1000. The number of carbonyl (C=O) groups is 3. The fourth-order valence-electron chi connectivity index (χ4n) is 5.22. The Morgan fingerprint density at radius 2 is 1.73 bits per heavy atom. The molecular formula is C26H30N2O5. The summed E-state index contributed by atoms with van der Waals surface area (Å²) in [5.41, 5.74) is 3.65. The van der Waals surface area contributed by atoms with Gasteiger partial charge in [-0.1, -0.05) is 61.9 Å². The average molecular weight is 451 g/mol. The molecule has 0 saturated carbocycles. The Hall–Kier alpha value is -3.35. The van der Waals surface area contributed by atoms with Gasteiger partial charge in [0.1, 0.15) is 13.2 Å². The minimum absolute atomic E-state index is 0.0498. The lowest BCUT2D eigenvalue weighted by atomic mass is 9.76. The number of nitrogens with one attached hydrogen (secondary N) is 1. The number of piperidine rings is 1. The van der Waals surface area contributed by atoms with Crippen molar-refractivity contribution in [2.24, 2.45) is 5.41 Å². The fraction of sp³-hybridized carbons (Fsp3) is 0.423. The van der Waals surface area contributed by atoms with Crippen LogP contribution in [0.2, 0.25) is 0 Å². The predicted octanol–water partition coefficient (Wildman–Crippen LogP) is 4.02. The van der Waals surface area contributed by atoms with E-state index in [-0.39, 0.29) is 31.5 Å². The normalized spacial score (nSPS) is 19.5. The maximum Gasteiger partial charge on any atom is 0.407 e. The van der Waals surface area contributed by atoms with E-state index in [1.165, 1.54) is 0 Å². The number of carbonyl (C=O) groups excluding carboxylic acids is 2. The van der Waals surface area contributed by atoms with Crippen LogP contribution in [0.15, 0.2) is 48.5 Å². The molecule has 1 aliphatic carbocycles. The number of ether oxygens (including phenoxy) is 1. The van der Waals surface area contributed by atoms with Crippen molar-refractivity contribution in [2.75, 3.05) is 26.2 Å². The van der Waals surface area contributed by atoms with E-state index in [0.29, 0.717) is 25.8 Å². The summed E-state index contributed by atoms with van der Waals surface area (Å²) >= 11 is 0. The van der Waals surface area contributed by atoms with Crippen LogP contribution in [0.5, 0.6) is 0 Å². The third-order valence-corrected chi connectivity index (χ3v) is 6.84. The Balaban J connectivity index is 1.32. The van der Waals surface area contributed by atoms with E-state index in [2.05, 4.69) is 17.4 Å². The van der Waals surface area contributed by atoms with Crippen molar-refractivity contribution in [1.29, 1.82) is 0 Å². The zero-order valence-electron chi connectivity index (χ0n) is 18.9. The van der Waals surface area contributed by atoms with Gasteiger partial charge in [-0.2, -0.15) is 0 Å². The van der Waals surface area contributed by atoms with Crippen LogP contribution in [-0.4, -0.2) is 54.2 Å². The number of benzene rings is 2. The van der Waals surface area contributed by atoms with E-state index in [0.717, 1.165) is 28.7 Å². The van der Waals surface area contributed by atoms with Gasteiger partial charge in [0.15, 0.2) is 0 Å². The second kappa shape index (κ2) is 9.65. The Morgan fingerprint density at radius 1 is 1.09 bits per heavy atom. The van der Waals surface area contributed by atoms with E-state index in [1.54, 1.807) is 4.90 Å². The fourth-order valence-corrected chi connectivity index (χ4v) is 5.22. The molecule has 33 heavy (non-hydrogen) atoms. The van der Waals surface area contributed by atoms with Crippen LogP contribution in [-0.2, 0) is 14.3 Å². The van der Waals surface area contributed by atoms with Crippen molar-refractivity contribution in [2.45, 2.75) is 38.5 Å². The molecule has 1 aliphatic heterocycles. The number of likely N-dealkylation sites (tertiary alicyclic amines) is 1. The van der Waals surface area contributed by atoms with Gasteiger partial charge in [-0.15, -0.1) is 0 Å². The van der Waals surface area contributed by atoms with Crippen LogP contribution in [0.1, 0.15) is 49.7 Å². The third-order valence-electron chi connectivity index (χ3n) is 6.84. The average Bonchev–Trinajstić information content (AvgIpc) is 3.15. The molecule has 174 valence electrons. The minimum Gasteiger partial charge on any atom is -0.481 e. The number of alkyl carbamates (subject to hydrolysis) is 1. The summed E-state index contributed by atoms with van der Waals surface area (Å²) in [5, 5.41) is 12.3. The monoisotopic (exact) mass is 450 g/mol. The van der Waals surface area contributed by atoms with E-state index in [4.69, 9.17) is 4.74 Å². The number of nitrogens with zero attached hydrogens (tertiary/aromatic N) is 1. The molecule has 0 bridgehead atoms. The highest BCUT2D eigenvalue weighted by atomic mass is 16.5. The van der Waals surface area contributed by atoms with Gasteiger partial charge < -0.3 is 20.1 Å². The van der Waals surface area contributed by atoms with Gasteiger partial charge in [-0.25, -0.2) is 4.79 Å². The number of hydrogen-bond acceptors (Lipinski definition) is 4. The van der Waals surface area contributed by atoms with Crippen molar-refractivity contribution in [3.05, 3.63) is 59.7 Å². The number of amides is 2. The summed E-state index contributed by atoms with van der Waals surface area (Å²) in [6.45, 7) is 2.60. The number of fused-ring (bicyclic) bond motifs is 3. The van der Waals surface area contributed by atoms with Crippen molar-refractivity contribution in [3.8, 4) is 11.1 Å². The Labute approximate surface area is 193 Å². The largest absolute Gasteiger partial charge is 0.481 e. The van der Waals surface area contributed by atoms with E-state index < -0.39 is 17.5 Å². The van der Waals surface area contributed by atoms with Crippen LogP contribution >= 0.6 is 0 Å². The molecule has 0 spiro atoms. The smallest absolute Gasteiger partial charge is 0.407 e. The molecule has 7 nitrogen and oxygen atoms in total. The molecule has 1 atom stereocenters. The summed E-state index contributed by atoms with van der Waals surface area (Å²) in [4.78, 5) is 38.4. The first-order chi connectivity index (χ1) is 15.9. The molecule has 2 amide bonds. The van der Waals surface area contributed by atoms with Gasteiger partial charge in [-0.3, -0.25) is 9.59 Å². The molecule has 4 rings (SSSR count). The first kappa shape index (κ1) is 22.8. The number of aliphatic carboxylic acids is 1. The zero-order chi connectivity index (χ0) is 23.4. The first-order valence-electron chi connectivity index (χ1n) is 11.6. The SMILES string of the molecule is CCCC1(C(=O)O)CCCN(C(=O)CNC(=O)OCC2c3ccccc3-c3ccccc32)C1. The Morgan fingerprint density at radius 3 is 2.33 bits per heavy atom. The van der Waals surface area contributed by atoms with Crippen LogP contribution in [0.3, 0.4) is 0 Å². The molecule has 2 aromatic rings. The lowest BCUT2D eigenvalue weighted by molar-refractivity contribution is -0.155. The second-order valence-electron chi connectivity index (χ2n) is 8.93. The first-order valence-corrected chi connectivity index (χ1v) is 11.6. The summed E-state index contributed by atoms with van der Waals surface area (Å²) in [6.07, 6.45) is 1.83. The molecule has 1 fully saturated rings. The quantitative estimate of drug-likeness (QED) is 0.664. The molecular weight excluding hydrogens is 420 g/mol. The van der Waals surface area contributed by atoms with Gasteiger partial charge in [-0.05, 0) is 41.5 Å². The molecule has 2 N–H and O–H groups in total. The molecule has 1 saturated heterocycles. The molecule has 0 radical (unpaired) electrons. The summed E-state index contributed by atoms with van der Waals surface area (Å²) < 4.78 is 5.48. The minimum atomic E-state index is -0.896. The third kappa shape index (κ3) is 4.58. The highest BCUT2D eigenvalue weighted by Gasteiger charge is 2.42. The lowest BCUT2D eigenvalue weighted by Gasteiger charge is -2.40. The number of carboxylic acid groups (broad SMARTS) is 1. The van der Waals surface area contributed by atoms with Crippen molar-refractivity contribution in [1.82, 2.24) is 10.2 Å². The number of hydrogen-bond donors (Lipinski definition) is 2. The summed E-state index contributed by atoms with van der Waals surface area (Å²) in [5.74, 6) is -1.19. The lowest BCUT2D eigenvalue weighted by Crippen LogP contribution is -2.52. The molecule has 2 aliphatic rings. The summed E-state index contributed by atoms with van der Waals surface area (Å²) in [6, 6.07) is 16.2. The Kier molecular flexibility index (Phi) is 6.67. The van der Waals surface area contributed by atoms with Gasteiger partial charge in [0.25, 0.3) is 0 Å². The van der Waals surface area contributed by atoms with Crippen LogP contribution in [0, 0.1) is 5.41 Å². The maximum atomic E-state index is 12.7. The standard InChI is InChI=1S/C26H30N2O5/c1-2-12-26(24(30)31)13-7-14-28(17-26)23(29)15-27-25(32)33-16-22-20-10-5-3-8-18(20)19-9-4-6-11-21(19)22/h3-6,8-11,22H,2,7,12-17H2,1H3,(H,27,32)(H,30,31). The van der Waals surface area contributed by atoms with Gasteiger partial charge in [0, 0.05) is 19.0 Å². The van der Waals surface area contributed by atoms with E-state index in [9.17, 15) is 19.5 Å². The molecule has 7 heteroatoms. The zero-order valence-corrected chi connectivity index (χ0v) is 18.9. The molecule has 1 heterocycles. The highest BCUT2D eigenvalue weighted by molar-refractivity contribution is 5.84. The van der Waals surface area contributed by atoms with E-state index >= 15 is 0 Å². The van der Waals surface area contributed by atoms with Gasteiger partial charge >= 0.3 is 12.1 Å². The van der Waals surface area contributed by atoms with Crippen LogP contribution < -0.4 is 5.32 Å². The number of carboxylic acids is 1. The van der Waals surface area contributed by atoms with Gasteiger partial charge in [0.2, 0.25) is 5.91 Å². The van der Waals surface area contributed by atoms with Gasteiger partial charge in [0.05, 0.1) is 5.41 Å².